The van der Waals surface area contributed by atoms with Crippen molar-refractivity contribution in [3.05, 3.63) is 0 Å². The maximum absolute atomic E-state index is 7.16. The third-order valence-electron chi connectivity index (χ3n) is 10.6. The summed E-state index contributed by atoms with van der Waals surface area (Å²) in [4.78, 5) is 5.33. The molecule has 0 radical (unpaired) electrons. The van der Waals surface area contributed by atoms with Crippen molar-refractivity contribution in [3.8, 4) is 0 Å². The zero-order valence-electron chi connectivity index (χ0n) is 23.9. The van der Waals surface area contributed by atoms with E-state index in [9.17, 15) is 0 Å². The number of rotatable bonds is 6. The molecule has 4 aliphatic carbocycles. The highest BCUT2D eigenvalue weighted by atomic mass is 28.4. The van der Waals surface area contributed by atoms with Crippen molar-refractivity contribution in [2.45, 2.75) is 130 Å². The van der Waals surface area contributed by atoms with Crippen LogP contribution in [0, 0.1) is 34.5 Å². The van der Waals surface area contributed by atoms with Crippen LogP contribution in [0.1, 0.15) is 78.6 Å². The first-order valence-corrected chi connectivity index (χ1v) is 20.9. The second-order valence-electron chi connectivity index (χ2n) is 14.7. The van der Waals surface area contributed by atoms with E-state index in [-0.39, 0.29) is 11.0 Å². The molecule has 5 unspecified atom stereocenters. The largest absolute Gasteiger partial charge is 0.415 e. The van der Waals surface area contributed by atoms with E-state index >= 15 is 0 Å². The number of fused-ring (bicyclic) bond motifs is 5. The Labute approximate surface area is 212 Å². The molecule has 8 atom stereocenters. The standard InChI is InChI=1S/C28H53NO3Si2/c1-20(29-30-4)28(32-34(8,9)10)18-15-25-23-12-11-21-19-22(31-33(5,6)7)13-16-26(21,2)24(23)14-17-27(25,28)3/h21-25H,11-19H2,1-10H3/b29-20+/t21-,22-,23?,24?,25?,26?,27?,28+/m1/s1. The third-order valence-corrected chi connectivity index (χ3v) is 12.6. The second kappa shape index (κ2) is 8.99. The lowest BCUT2D eigenvalue weighted by atomic mass is 9.44. The SMILES string of the molecule is CO/N=C(\C)[C@@]1(O[Si](C)(C)C)CCC2C3CC[C@@H]4C[C@H](O[Si](C)(C)C)CCC4(C)C3CCC21C. The van der Waals surface area contributed by atoms with Crippen LogP contribution in [0.2, 0.25) is 39.3 Å². The molecule has 0 aromatic rings. The van der Waals surface area contributed by atoms with E-state index in [0.29, 0.717) is 11.5 Å². The van der Waals surface area contributed by atoms with E-state index in [1.54, 1.807) is 7.11 Å². The van der Waals surface area contributed by atoms with Gasteiger partial charge in [-0.05, 0) is 133 Å². The highest BCUT2D eigenvalue weighted by Crippen LogP contribution is 2.69. The minimum atomic E-state index is -1.77. The van der Waals surface area contributed by atoms with Crippen molar-refractivity contribution in [3.63, 3.8) is 0 Å². The number of hydrogen-bond acceptors (Lipinski definition) is 4. The van der Waals surface area contributed by atoms with Crippen LogP contribution in [0.5, 0.6) is 0 Å². The fraction of sp³-hybridized carbons (Fsp3) is 0.964. The quantitative estimate of drug-likeness (QED) is 0.209. The molecule has 0 bridgehead atoms. The smallest absolute Gasteiger partial charge is 0.185 e. The van der Waals surface area contributed by atoms with Crippen LogP contribution in [0.25, 0.3) is 0 Å². The van der Waals surface area contributed by atoms with E-state index in [2.05, 4.69) is 65.2 Å². The Morgan fingerprint density at radius 1 is 0.824 bits per heavy atom. The van der Waals surface area contributed by atoms with Crippen molar-refractivity contribution in [1.29, 1.82) is 0 Å². The summed E-state index contributed by atoms with van der Waals surface area (Å²) in [5, 5.41) is 4.52. The van der Waals surface area contributed by atoms with E-state index in [1.165, 1.54) is 51.4 Å². The molecule has 4 nitrogen and oxygen atoms in total. The monoisotopic (exact) mass is 507 g/mol. The predicted molar refractivity (Wildman–Crippen MR) is 147 cm³/mol. The van der Waals surface area contributed by atoms with Crippen LogP contribution >= 0.6 is 0 Å². The first kappa shape index (κ1) is 26.9. The Hall–Kier alpha value is -0.176. The molecule has 0 aromatic carbocycles. The zero-order chi connectivity index (χ0) is 25.2. The zero-order valence-corrected chi connectivity index (χ0v) is 25.9. The Morgan fingerprint density at radius 2 is 1.50 bits per heavy atom. The molecule has 0 aromatic heterocycles. The predicted octanol–water partition coefficient (Wildman–Crippen LogP) is 7.86. The Balaban J connectivity index is 1.60. The highest BCUT2D eigenvalue weighted by Gasteiger charge is 2.67. The summed E-state index contributed by atoms with van der Waals surface area (Å²) in [6.45, 7) is 21.5. The van der Waals surface area contributed by atoms with E-state index < -0.39 is 16.6 Å². The van der Waals surface area contributed by atoms with Crippen molar-refractivity contribution in [2.24, 2.45) is 39.7 Å². The second-order valence-corrected chi connectivity index (χ2v) is 23.6. The molecule has 6 heteroatoms. The third kappa shape index (κ3) is 4.52. The lowest BCUT2D eigenvalue weighted by Gasteiger charge is -2.62. The van der Waals surface area contributed by atoms with Crippen LogP contribution in [0.15, 0.2) is 5.16 Å². The minimum absolute atomic E-state index is 0.155. The van der Waals surface area contributed by atoms with Gasteiger partial charge in [0.2, 0.25) is 0 Å². The fourth-order valence-electron chi connectivity index (χ4n) is 9.39. The fourth-order valence-corrected chi connectivity index (χ4v) is 12.1. The van der Waals surface area contributed by atoms with Gasteiger partial charge in [-0.15, -0.1) is 0 Å². The molecule has 0 amide bonds. The van der Waals surface area contributed by atoms with Gasteiger partial charge in [0.05, 0.1) is 5.71 Å². The maximum atomic E-state index is 7.16. The van der Waals surface area contributed by atoms with Gasteiger partial charge in [-0.3, -0.25) is 0 Å². The molecule has 196 valence electrons. The number of nitrogens with zero attached hydrogens (tertiary/aromatic N) is 1. The molecule has 4 rings (SSSR count). The Kier molecular flexibility index (Phi) is 7.10. The molecular formula is C28H53NO3Si2. The van der Waals surface area contributed by atoms with Crippen LogP contribution in [0.3, 0.4) is 0 Å². The molecule has 4 saturated carbocycles. The van der Waals surface area contributed by atoms with Crippen molar-refractivity contribution >= 4 is 22.3 Å². The van der Waals surface area contributed by atoms with Gasteiger partial charge in [0.15, 0.2) is 16.6 Å². The average Bonchev–Trinajstić information content (AvgIpc) is 2.99. The number of hydrogen-bond donors (Lipinski definition) is 0. The lowest BCUT2D eigenvalue weighted by Crippen LogP contribution is -2.61. The molecule has 0 N–H and O–H groups in total. The van der Waals surface area contributed by atoms with Gasteiger partial charge in [-0.1, -0.05) is 19.0 Å². The summed E-state index contributed by atoms with van der Waals surface area (Å²) in [5.74, 6) is 3.27. The molecule has 0 heterocycles. The first-order chi connectivity index (χ1) is 15.7. The van der Waals surface area contributed by atoms with Gasteiger partial charge in [-0.2, -0.15) is 0 Å². The van der Waals surface area contributed by atoms with Gasteiger partial charge >= 0.3 is 0 Å². The summed E-state index contributed by atoms with van der Waals surface area (Å²) < 4.78 is 13.8. The van der Waals surface area contributed by atoms with Crippen molar-refractivity contribution in [1.82, 2.24) is 0 Å². The number of oxime groups is 1. The van der Waals surface area contributed by atoms with Crippen LogP contribution in [-0.4, -0.2) is 41.2 Å². The van der Waals surface area contributed by atoms with E-state index in [4.69, 9.17) is 13.7 Å². The lowest BCUT2D eigenvalue weighted by molar-refractivity contribution is -0.139. The van der Waals surface area contributed by atoms with Crippen LogP contribution in [-0.2, 0) is 13.7 Å². The molecule has 4 aliphatic rings. The van der Waals surface area contributed by atoms with Crippen LogP contribution in [0.4, 0.5) is 0 Å². The van der Waals surface area contributed by atoms with Crippen molar-refractivity contribution in [2.75, 3.05) is 7.11 Å². The summed E-state index contributed by atoms with van der Waals surface area (Å²) in [6.07, 6.45) is 12.2. The minimum Gasteiger partial charge on any atom is -0.415 e. The molecule has 0 saturated heterocycles. The molecule has 0 aliphatic heterocycles. The first-order valence-electron chi connectivity index (χ1n) is 14.1. The summed E-state index contributed by atoms with van der Waals surface area (Å²) in [7, 11) is -1.56. The maximum Gasteiger partial charge on any atom is 0.185 e. The topological polar surface area (TPSA) is 40.0 Å². The van der Waals surface area contributed by atoms with Crippen LogP contribution < -0.4 is 0 Å². The Bertz CT molecular complexity index is 790. The molecular weight excluding hydrogens is 454 g/mol. The van der Waals surface area contributed by atoms with E-state index in [0.717, 1.165) is 35.8 Å². The van der Waals surface area contributed by atoms with E-state index in [1.807, 2.05) is 0 Å². The van der Waals surface area contributed by atoms with Gasteiger partial charge < -0.3 is 13.7 Å². The van der Waals surface area contributed by atoms with Gasteiger partial charge in [0, 0.05) is 11.5 Å². The normalized spacial score (nSPS) is 45.4. The molecule has 34 heavy (non-hydrogen) atoms. The van der Waals surface area contributed by atoms with Gasteiger partial charge in [-0.25, -0.2) is 0 Å². The highest BCUT2D eigenvalue weighted by molar-refractivity contribution is 6.70. The molecule has 0 spiro atoms. The summed E-state index contributed by atoms with van der Waals surface area (Å²) >= 11 is 0. The van der Waals surface area contributed by atoms with Gasteiger partial charge in [0.1, 0.15) is 12.7 Å². The van der Waals surface area contributed by atoms with Crippen molar-refractivity contribution < 1.29 is 13.7 Å². The molecule has 4 fully saturated rings. The summed E-state index contributed by atoms with van der Waals surface area (Å²) in [5.41, 5.74) is 1.46. The van der Waals surface area contributed by atoms with Gasteiger partial charge in [0.25, 0.3) is 0 Å². The average molecular weight is 508 g/mol. The summed E-state index contributed by atoms with van der Waals surface area (Å²) in [6, 6.07) is 0. The Morgan fingerprint density at radius 3 is 2.12 bits per heavy atom.